The number of halogens is 1. The number of amides is 1. The first-order valence-corrected chi connectivity index (χ1v) is 15.2. The van der Waals surface area contributed by atoms with Crippen LogP contribution in [0.2, 0.25) is 5.02 Å². The molecule has 0 aromatic heterocycles. The summed E-state index contributed by atoms with van der Waals surface area (Å²) in [6, 6.07) is 28.2. The molecule has 0 radical (unpaired) electrons. The summed E-state index contributed by atoms with van der Waals surface area (Å²) in [7, 11) is -3.45. The van der Waals surface area contributed by atoms with E-state index in [1.807, 2.05) is 17.0 Å². The average molecular weight is 552 g/mol. The topological polar surface area (TPSA) is 60.9 Å². The summed E-state index contributed by atoms with van der Waals surface area (Å²) in [6.45, 7) is 3.72. The zero-order valence-corrected chi connectivity index (χ0v) is 23.0. The number of nitrogens with zero attached hydrogens (tertiary/aromatic N) is 3. The van der Waals surface area contributed by atoms with Gasteiger partial charge in [0, 0.05) is 50.2 Å². The summed E-state index contributed by atoms with van der Waals surface area (Å²) < 4.78 is 27.4. The summed E-state index contributed by atoms with van der Waals surface area (Å²) in [5.41, 5.74) is 3.19. The molecule has 2 aliphatic rings. The fraction of sp³-hybridized carbons (Fsp3) is 0.367. The minimum atomic E-state index is -3.45. The maximum atomic E-state index is 13.4. The number of piperazine rings is 1. The Hall–Kier alpha value is -2.71. The molecule has 2 aliphatic heterocycles. The van der Waals surface area contributed by atoms with Crippen LogP contribution in [0.3, 0.4) is 0 Å². The molecule has 0 aliphatic carbocycles. The molecule has 2 heterocycles. The van der Waals surface area contributed by atoms with Gasteiger partial charge in [0.15, 0.2) is 0 Å². The Morgan fingerprint density at radius 1 is 0.789 bits per heavy atom. The molecule has 5 rings (SSSR count). The van der Waals surface area contributed by atoms with Crippen LogP contribution in [0, 0.1) is 5.92 Å². The Balaban J connectivity index is 1.17. The molecular weight excluding hydrogens is 518 g/mol. The van der Waals surface area contributed by atoms with Gasteiger partial charge in [-0.3, -0.25) is 9.69 Å². The summed E-state index contributed by atoms with van der Waals surface area (Å²) in [6.07, 6.45) is 1.12. The second-order valence-corrected chi connectivity index (χ2v) is 12.5. The van der Waals surface area contributed by atoms with E-state index in [1.165, 1.54) is 15.4 Å². The number of piperidine rings is 1. The molecule has 1 amide bonds. The number of sulfonamides is 1. The molecule has 3 aromatic carbocycles. The van der Waals surface area contributed by atoms with Gasteiger partial charge in [-0.15, -0.1) is 0 Å². The van der Waals surface area contributed by atoms with E-state index in [0.717, 1.165) is 13.1 Å². The van der Waals surface area contributed by atoms with Gasteiger partial charge < -0.3 is 4.90 Å². The standard InChI is InChI=1S/C30H34ClN3O3S/c31-28-13-7-8-24(22-28)23-38(36,37)34-16-14-27(15-17-34)30(35)33-20-18-32(19-21-33)29(25-9-3-1-4-10-25)26-11-5-2-6-12-26/h1-13,22,27,29H,14-21,23H2. The van der Waals surface area contributed by atoms with Crippen LogP contribution < -0.4 is 0 Å². The lowest BCUT2D eigenvalue weighted by atomic mass is 9.95. The third kappa shape index (κ3) is 6.29. The number of carbonyl (C=O) groups excluding carboxylic acids is 1. The summed E-state index contributed by atoms with van der Waals surface area (Å²) >= 11 is 6.02. The van der Waals surface area contributed by atoms with Crippen LogP contribution in [0.15, 0.2) is 84.9 Å². The van der Waals surface area contributed by atoms with Crippen LogP contribution in [0.4, 0.5) is 0 Å². The predicted molar refractivity (Wildman–Crippen MR) is 151 cm³/mol. The van der Waals surface area contributed by atoms with E-state index in [4.69, 9.17) is 11.6 Å². The fourth-order valence-corrected chi connectivity index (χ4v) is 7.42. The number of benzene rings is 3. The van der Waals surface area contributed by atoms with Crippen molar-refractivity contribution in [3.63, 3.8) is 0 Å². The van der Waals surface area contributed by atoms with Crippen molar-refractivity contribution in [1.29, 1.82) is 0 Å². The van der Waals surface area contributed by atoms with E-state index < -0.39 is 10.0 Å². The van der Waals surface area contributed by atoms with Gasteiger partial charge in [0.1, 0.15) is 0 Å². The highest BCUT2D eigenvalue weighted by molar-refractivity contribution is 7.88. The molecular formula is C30H34ClN3O3S. The highest BCUT2D eigenvalue weighted by atomic mass is 35.5. The fourth-order valence-electron chi connectivity index (χ4n) is 5.65. The lowest BCUT2D eigenvalue weighted by molar-refractivity contribution is -0.138. The first-order valence-electron chi connectivity index (χ1n) is 13.3. The lowest BCUT2D eigenvalue weighted by Gasteiger charge is -2.41. The van der Waals surface area contributed by atoms with Gasteiger partial charge in [-0.2, -0.15) is 0 Å². The number of hydrogen-bond donors (Lipinski definition) is 0. The molecule has 200 valence electrons. The van der Waals surface area contributed by atoms with Gasteiger partial charge in [0.2, 0.25) is 15.9 Å². The Kier molecular flexibility index (Phi) is 8.48. The van der Waals surface area contributed by atoms with Crippen molar-refractivity contribution in [3.8, 4) is 0 Å². The van der Waals surface area contributed by atoms with E-state index in [9.17, 15) is 13.2 Å². The molecule has 0 atom stereocenters. The van der Waals surface area contributed by atoms with Crippen molar-refractivity contribution in [2.24, 2.45) is 5.92 Å². The molecule has 6 nitrogen and oxygen atoms in total. The second-order valence-electron chi connectivity index (χ2n) is 10.1. The SMILES string of the molecule is O=C(C1CCN(S(=O)(=O)Cc2cccc(Cl)c2)CC1)N1CCN(C(c2ccccc2)c2ccccc2)CC1. The van der Waals surface area contributed by atoms with Crippen molar-refractivity contribution in [2.75, 3.05) is 39.3 Å². The van der Waals surface area contributed by atoms with Crippen LogP contribution >= 0.6 is 11.6 Å². The lowest BCUT2D eigenvalue weighted by Crippen LogP contribution is -2.52. The first kappa shape index (κ1) is 26.9. The van der Waals surface area contributed by atoms with Crippen LogP contribution in [0.25, 0.3) is 0 Å². The highest BCUT2D eigenvalue weighted by Crippen LogP contribution is 2.30. The van der Waals surface area contributed by atoms with E-state index >= 15 is 0 Å². The Morgan fingerprint density at radius 2 is 1.37 bits per heavy atom. The predicted octanol–water partition coefficient (Wildman–Crippen LogP) is 4.82. The van der Waals surface area contributed by atoms with Crippen molar-refractivity contribution in [1.82, 2.24) is 14.1 Å². The van der Waals surface area contributed by atoms with E-state index in [1.54, 1.807) is 24.3 Å². The van der Waals surface area contributed by atoms with E-state index in [-0.39, 0.29) is 23.6 Å². The minimum Gasteiger partial charge on any atom is -0.340 e. The second kappa shape index (κ2) is 12.0. The van der Waals surface area contributed by atoms with Gasteiger partial charge >= 0.3 is 0 Å². The zero-order chi connectivity index (χ0) is 26.5. The summed E-state index contributed by atoms with van der Waals surface area (Å²) in [5, 5.41) is 0.529. The number of hydrogen-bond acceptors (Lipinski definition) is 4. The molecule has 0 spiro atoms. The van der Waals surface area contributed by atoms with Gasteiger partial charge in [-0.05, 0) is 41.7 Å². The van der Waals surface area contributed by atoms with E-state index in [2.05, 4.69) is 53.4 Å². The Labute approximate surface area is 230 Å². The molecule has 38 heavy (non-hydrogen) atoms. The summed E-state index contributed by atoms with van der Waals surface area (Å²) in [4.78, 5) is 17.8. The van der Waals surface area contributed by atoms with E-state index in [0.29, 0.717) is 49.6 Å². The molecule has 0 N–H and O–H groups in total. The molecule has 8 heteroatoms. The maximum Gasteiger partial charge on any atom is 0.225 e. The van der Waals surface area contributed by atoms with Gasteiger partial charge in [-0.25, -0.2) is 12.7 Å². The largest absolute Gasteiger partial charge is 0.340 e. The van der Waals surface area contributed by atoms with Gasteiger partial charge in [-0.1, -0.05) is 84.4 Å². The third-order valence-corrected chi connectivity index (χ3v) is 9.74. The average Bonchev–Trinajstić information content (AvgIpc) is 2.94. The number of carbonyl (C=O) groups is 1. The Morgan fingerprint density at radius 3 is 1.92 bits per heavy atom. The Bertz CT molecular complexity index is 1280. The van der Waals surface area contributed by atoms with Gasteiger partial charge in [0.05, 0.1) is 11.8 Å². The minimum absolute atomic E-state index is 0.0713. The molecule has 3 aromatic rings. The van der Waals surface area contributed by atoms with Crippen LogP contribution in [-0.4, -0.2) is 67.7 Å². The molecule has 0 bridgehead atoms. The normalized spacial score (nSPS) is 18.1. The van der Waals surface area contributed by atoms with Crippen LogP contribution in [-0.2, 0) is 20.6 Å². The monoisotopic (exact) mass is 551 g/mol. The van der Waals surface area contributed by atoms with Crippen molar-refractivity contribution in [2.45, 2.75) is 24.6 Å². The summed E-state index contributed by atoms with van der Waals surface area (Å²) in [5.74, 6) is -0.0382. The first-order chi connectivity index (χ1) is 18.4. The zero-order valence-electron chi connectivity index (χ0n) is 21.5. The van der Waals surface area contributed by atoms with Crippen molar-refractivity contribution >= 4 is 27.5 Å². The van der Waals surface area contributed by atoms with Crippen molar-refractivity contribution < 1.29 is 13.2 Å². The third-order valence-electron chi connectivity index (χ3n) is 7.66. The smallest absolute Gasteiger partial charge is 0.225 e. The molecule has 2 saturated heterocycles. The van der Waals surface area contributed by atoms with Gasteiger partial charge in [0.25, 0.3) is 0 Å². The highest BCUT2D eigenvalue weighted by Gasteiger charge is 2.35. The van der Waals surface area contributed by atoms with Crippen LogP contribution in [0.1, 0.15) is 35.6 Å². The molecule has 2 fully saturated rings. The van der Waals surface area contributed by atoms with Crippen LogP contribution in [0.5, 0.6) is 0 Å². The molecule has 0 unspecified atom stereocenters. The maximum absolute atomic E-state index is 13.4. The molecule has 0 saturated carbocycles. The number of rotatable bonds is 7. The quantitative estimate of drug-likeness (QED) is 0.422. The van der Waals surface area contributed by atoms with Crippen molar-refractivity contribution in [3.05, 3.63) is 107 Å².